The Bertz CT molecular complexity index is 945. The summed E-state index contributed by atoms with van der Waals surface area (Å²) in [6.07, 6.45) is 2.02. The van der Waals surface area contributed by atoms with Gasteiger partial charge in [0.2, 0.25) is 0 Å². The number of fused-ring (bicyclic) bond motifs is 1. The van der Waals surface area contributed by atoms with E-state index in [1.165, 1.54) is 12.1 Å². The third kappa shape index (κ3) is 4.42. The smallest absolute Gasteiger partial charge is 0.387 e. The molecule has 0 spiro atoms. The van der Waals surface area contributed by atoms with E-state index in [9.17, 15) is 13.2 Å². The van der Waals surface area contributed by atoms with Gasteiger partial charge in [0, 0.05) is 31.1 Å². The van der Waals surface area contributed by atoms with Crippen LogP contribution in [-0.2, 0) is 4.74 Å². The normalized spacial score (nSPS) is 15.1. The fraction of sp³-hybridized carbons (Fsp3) is 0.350. The number of ether oxygens (including phenoxy) is 2. The highest BCUT2D eigenvalue weighted by Gasteiger charge is 2.25. The van der Waals surface area contributed by atoms with Crippen molar-refractivity contribution in [2.45, 2.75) is 26.1 Å². The molecule has 0 unspecified atom stereocenters. The highest BCUT2D eigenvalue weighted by molar-refractivity contribution is 5.65. The van der Waals surface area contributed by atoms with Crippen molar-refractivity contribution in [3.63, 3.8) is 0 Å². The van der Waals surface area contributed by atoms with E-state index in [-0.39, 0.29) is 5.75 Å². The lowest BCUT2D eigenvalue weighted by Gasteiger charge is -2.36. The number of hydrogen-bond acceptors (Lipinski definition) is 4. The second kappa shape index (κ2) is 7.60. The summed E-state index contributed by atoms with van der Waals surface area (Å²) in [7, 11) is 1.65. The molecule has 0 aliphatic carbocycles. The predicted octanol–water partition coefficient (Wildman–Crippen LogP) is 3.15. The number of benzene rings is 2. The molecule has 2 aromatic rings. The maximum Gasteiger partial charge on any atom is 0.387 e. The maximum absolute atomic E-state index is 13.8. The van der Waals surface area contributed by atoms with Gasteiger partial charge in [0.05, 0.1) is 12.0 Å². The monoisotopic (exact) mass is 378 g/mol. The molecule has 0 aromatic heterocycles. The minimum atomic E-state index is -3.01. The molecule has 2 aromatic carbocycles. The molecule has 0 saturated carbocycles. The summed E-state index contributed by atoms with van der Waals surface area (Å²) in [5, 5.41) is 1.68. The number of methoxy groups -OCH3 is 1. The van der Waals surface area contributed by atoms with Gasteiger partial charge in [-0.1, -0.05) is 12.1 Å². The first kappa shape index (κ1) is 19.2. The largest absolute Gasteiger partial charge is 0.435 e. The zero-order chi connectivity index (χ0) is 19.6. The Kier molecular flexibility index (Phi) is 5.41. The van der Waals surface area contributed by atoms with Crippen molar-refractivity contribution in [2.24, 2.45) is 4.99 Å². The van der Waals surface area contributed by atoms with Crippen LogP contribution in [0.5, 0.6) is 5.75 Å². The number of alkyl halides is 2. The summed E-state index contributed by atoms with van der Waals surface area (Å²) in [6.45, 7) is 2.26. The fourth-order valence-corrected chi connectivity index (χ4v) is 3.04. The lowest BCUT2D eigenvalue weighted by molar-refractivity contribution is -0.0499. The number of rotatable bonds is 6. The standard InChI is InChI=1S/C20H21F3N2O2/c1-20(2)24-18-10-13(4-5-14(18)12-25(20)6-7-26-3)15-8-16(21)11-17(9-15)27-19(22)23/h4-5,8-12,19H,6-7H2,1-3H3. The maximum atomic E-state index is 13.8. The lowest BCUT2D eigenvalue weighted by Crippen LogP contribution is -2.49. The molecule has 0 N–H and O–H groups in total. The van der Waals surface area contributed by atoms with Crippen molar-refractivity contribution in [2.75, 3.05) is 20.3 Å². The molecule has 0 saturated heterocycles. The van der Waals surface area contributed by atoms with Crippen LogP contribution < -0.4 is 15.3 Å². The topological polar surface area (TPSA) is 34.1 Å². The Hall–Kier alpha value is -2.54. The first-order valence-electron chi connectivity index (χ1n) is 8.52. The van der Waals surface area contributed by atoms with Gasteiger partial charge in [-0.3, -0.25) is 4.99 Å². The number of hydrogen-bond donors (Lipinski definition) is 0. The van der Waals surface area contributed by atoms with Gasteiger partial charge in [0.25, 0.3) is 0 Å². The van der Waals surface area contributed by atoms with Crippen molar-refractivity contribution in [1.29, 1.82) is 0 Å². The molecule has 7 heteroatoms. The van der Waals surface area contributed by atoms with Crippen molar-refractivity contribution in [3.8, 4) is 16.9 Å². The second-order valence-electron chi connectivity index (χ2n) is 6.75. The van der Waals surface area contributed by atoms with Gasteiger partial charge in [-0.05, 0) is 43.2 Å². The van der Waals surface area contributed by atoms with Crippen molar-refractivity contribution < 1.29 is 22.6 Å². The van der Waals surface area contributed by atoms with Crippen LogP contribution in [0, 0.1) is 5.82 Å². The Morgan fingerprint density at radius 3 is 2.59 bits per heavy atom. The zero-order valence-electron chi connectivity index (χ0n) is 15.4. The second-order valence-corrected chi connectivity index (χ2v) is 6.75. The van der Waals surface area contributed by atoms with Crippen molar-refractivity contribution in [3.05, 3.63) is 52.8 Å². The molecule has 4 nitrogen and oxygen atoms in total. The molecule has 1 heterocycles. The van der Waals surface area contributed by atoms with Gasteiger partial charge in [-0.2, -0.15) is 8.78 Å². The van der Waals surface area contributed by atoms with E-state index in [4.69, 9.17) is 9.73 Å². The summed E-state index contributed by atoms with van der Waals surface area (Å²) in [5.41, 5.74) is 0.657. The molecule has 0 atom stereocenters. The number of halogens is 3. The van der Waals surface area contributed by atoms with Crippen LogP contribution in [0.15, 0.2) is 41.4 Å². The van der Waals surface area contributed by atoms with E-state index in [2.05, 4.69) is 9.64 Å². The van der Waals surface area contributed by atoms with Crippen molar-refractivity contribution >= 4 is 6.20 Å². The minimum absolute atomic E-state index is 0.215. The summed E-state index contributed by atoms with van der Waals surface area (Å²) in [4.78, 5) is 6.88. The first-order chi connectivity index (χ1) is 12.8. The van der Waals surface area contributed by atoms with Crippen LogP contribution in [0.2, 0.25) is 0 Å². The van der Waals surface area contributed by atoms with E-state index in [0.29, 0.717) is 24.3 Å². The molecule has 1 aliphatic rings. The Morgan fingerprint density at radius 1 is 1.11 bits per heavy atom. The first-order valence-corrected chi connectivity index (χ1v) is 8.52. The predicted molar refractivity (Wildman–Crippen MR) is 96.4 cm³/mol. The minimum Gasteiger partial charge on any atom is -0.435 e. The summed E-state index contributed by atoms with van der Waals surface area (Å²) < 4.78 is 48.2. The third-order valence-electron chi connectivity index (χ3n) is 4.39. The summed E-state index contributed by atoms with van der Waals surface area (Å²) >= 11 is 0. The molecule has 0 amide bonds. The average molecular weight is 378 g/mol. The van der Waals surface area contributed by atoms with Gasteiger partial charge >= 0.3 is 6.61 Å². The highest BCUT2D eigenvalue weighted by Crippen LogP contribution is 2.26. The molecule has 0 radical (unpaired) electrons. The van der Waals surface area contributed by atoms with Crippen LogP contribution in [-0.4, -0.2) is 37.4 Å². The van der Waals surface area contributed by atoms with Crippen LogP contribution in [0.3, 0.4) is 0 Å². The molecule has 27 heavy (non-hydrogen) atoms. The number of nitrogens with zero attached hydrogens (tertiary/aromatic N) is 2. The van der Waals surface area contributed by atoms with Gasteiger partial charge in [-0.15, -0.1) is 0 Å². The molecule has 1 aliphatic heterocycles. The van der Waals surface area contributed by atoms with Gasteiger partial charge in [0.1, 0.15) is 17.2 Å². The Morgan fingerprint density at radius 2 is 1.89 bits per heavy atom. The molecular weight excluding hydrogens is 357 g/mol. The third-order valence-corrected chi connectivity index (χ3v) is 4.39. The highest BCUT2D eigenvalue weighted by atomic mass is 19.3. The van der Waals surface area contributed by atoms with E-state index in [1.807, 2.05) is 32.2 Å². The average Bonchev–Trinajstić information content (AvgIpc) is 2.57. The molecule has 0 bridgehead atoms. The zero-order valence-corrected chi connectivity index (χ0v) is 15.4. The van der Waals surface area contributed by atoms with E-state index in [0.717, 1.165) is 16.6 Å². The van der Waals surface area contributed by atoms with Crippen LogP contribution in [0.25, 0.3) is 17.3 Å². The summed E-state index contributed by atoms with van der Waals surface area (Å²) in [6, 6.07) is 9.10. The fourth-order valence-electron chi connectivity index (χ4n) is 3.04. The molecule has 0 fully saturated rings. The van der Waals surface area contributed by atoms with Gasteiger partial charge < -0.3 is 14.4 Å². The van der Waals surface area contributed by atoms with E-state index >= 15 is 0 Å². The van der Waals surface area contributed by atoms with Crippen LogP contribution >= 0.6 is 0 Å². The van der Waals surface area contributed by atoms with Crippen molar-refractivity contribution in [1.82, 2.24) is 4.90 Å². The van der Waals surface area contributed by atoms with E-state index < -0.39 is 18.1 Å². The van der Waals surface area contributed by atoms with Crippen LogP contribution in [0.4, 0.5) is 13.2 Å². The van der Waals surface area contributed by atoms with Gasteiger partial charge in [0.15, 0.2) is 0 Å². The Labute approximate surface area is 155 Å². The summed E-state index contributed by atoms with van der Waals surface area (Å²) in [5.74, 6) is -0.859. The molecule has 3 rings (SSSR count). The molecular formula is C20H21F3N2O2. The molecule has 144 valence electrons. The van der Waals surface area contributed by atoms with E-state index in [1.54, 1.807) is 13.2 Å². The lowest BCUT2D eigenvalue weighted by atomic mass is 10.0. The quantitative estimate of drug-likeness (QED) is 0.775. The van der Waals surface area contributed by atoms with Gasteiger partial charge in [-0.25, -0.2) is 4.39 Å². The Balaban J connectivity index is 2.02. The van der Waals surface area contributed by atoms with Crippen LogP contribution in [0.1, 0.15) is 13.8 Å². The SMILES string of the molecule is COCCN1C=c2ccc(-c3cc(F)cc(OC(F)F)c3)cc2=NC1(C)C.